The van der Waals surface area contributed by atoms with Crippen LogP contribution in [0.3, 0.4) is 0 Å². The van der Waals surface area contributed by atoms with E-state index in [0.717, 1.165) is 22.9 Å². The second kappa shape index (κ2) is 9.19. The summed E-state index contributed by atoms with van der Waals surface area (Å²) in [6.07, 6.45) is 2.75. The molecule has 0 unspecified atom stereocenters. The van der Waals surface area contributed by atoms with Crippen molar-refractivity contribution >= 4 is 34.9 Å². The Hall–Kier alpha value is -2.86. The largest absolute Gasteiger partial charge is 0.354 e. The fraction of sp³-hybridized carbons (Fsp3) is 0.190. The number of amides is 3. The first kappa shape index (κ1) is 18.9. The highest BCUT2D eigenvalue weighted by molar-refractivity contribution is 8.18. The molecule has 1 N–H and O–H groups in total. The van der Waals surface area contributed by atoms with Crippen LogP contribution in [0.2, 0.25) is 0 Å². The number of rotatable bonds is 7. The Morgan fingerprint density at radius 1 is 1.00 bits per heavy atom. The van der Waals surface area contributed by atoms with Crippen LogP contribution in [-0.2, 0) is 16.0 Å². The van der Waals surface area contributed by atoms with Gasteiger partial charge in [0.25, 0.3) is 11.1 Å². The standard InChI is InChI=1S/C21H20N2O3S/c24-19(12-11-16-7-3-1-4-8-16)22-13-14-23-20(25)18(27-21(23)26)15-17-9-5-2-6-10-17/h1-10,15H,11-14H2,(H,22,24). The summed E-state index contributed by atoms with van der Waals surface area (Å²) in [5.74, 6) is -0.405. The smallest absolute Gasteiger partial charge is 0.293 e. The molecule has 2 aromatic carbocycles. The van der Waals surface area contributed by atoms with Crippen molar-refractivity contribution < 1.29 is 14.4 Å². The van der Waals surface area contributed by atoms with Crippen LogP contribution in [0, 0.1) is 0 Å². The predicted octanol–water partition coefficient (Wildman–Crippen LogP) is 3.47. The first-order valence-electron chi connectivity index (χ1n) is 8.74. The molecule has 1 fully saturated rings. The number of aryl methyl sites for hydroxylation is 1. The van der Waals surface area contributed by atoms with Gasteiger partial charge in [0, 0.05) is 19.5 Å². The summed E-state index contributed by atoms with van der Waals surface area (Å²) >= 11 is 0.929. The number of hydrogen-bond donors (Lipinski definition) is 1. The number of carbonyl (C=O) groups excluding carboxylic acids is 3. The fourth-order valence-corrected chi connectivity index (χ4v) is 3.56. The summed E-state index contributed by atoms with van der Waals surface area (Å²) in [6, 6.07) is 19.2. The summed E-state index contributed by atoms with van der Waals surface area (Å²) < 4.78 is 0. The van der Waals surface area contributed by atoms with Crippen LogP contribution in [0.15, 0.2) is 65.6 Å². The van der Waals surface area contributed by atoms with Crippen molar-refractivity contribution in [3.05, 3.63) is 76.7 Å². The second-order valence-corrected chi connectivity index (χ2v) is 7.07. The average Bonchev–Trinajstić information content (AvgIpc) is 2.95. The number of nitrogens with one attached hydrogen (secondary N) is 1. The second-order valence-electron chi connectivity index (χ2n) is 6.08. The van der Waals surface area contributed by atoms with Crippen molar-refractivity contribution in [2.45, 2.75) is 12.8 Å². The lowest BCUT2D eigenvalue weighted by molar-refractivity contribution is -0.124. The normalized spacial score (nSPS) is 15.4. The van der Waals surface area contributed by atoms with E-state index < -0.39 is 0 Å². The Kier molecular flexibility index (Phi) is 6.44. The molecular weight excluding hydrogens is 360 g/mol. The number of thioether (sulfide) groups is 1. The monoisotopic (exact) mass is 380 g/mol. The molecule has 1 aliphatic heterocycles. The Labute approximate surface area is 162 Å². The summed E-state index contributed by atoms with van der Waals surface area (Å²) in [4.78, 5) is 38.0. The number of imide groups is 1. The summed E-state index contributed by atoms with van der Waals surface area (Å²) in [5, 5.41) is 2.47. The van der Waals surface area contributed by atoms with E-state index in [1.165, 1.54) is 4.90 Å². The lowest BCUT2D eigenvalue weighted by Gasteiger charge is -2.13. The van der Waals surface area contributed by atoms with E-state index in [0.29, 0.717) is 17.7 Å². The SMILES string of the molecule is O=C(CCc1ccccc1)NCCN1C(=O)SC(=Cc2ccccc2)C1=O. The van der Waals surface area contributed by atoms with E-state index in [1.807, 2.05) is 60.7 Å². The zero-order chi connectivity index (χ0) is 19.1. The molecule has 0 atom stereocenters. The Bertz CT molecular complexity index is 850. The molecule has 0 saturated carbocycles. The van der Waals surface area contributed by atoms with E-state index in [-0.39, 0.29) is 30.1 Å². The molecule has 138 valence electrons. The van der Waals surface area contributed by atoms with Gasteiger partial charge in [-0.15, -0.1) is 0 Å². The van der Waals surface area contributed by atoms with Crippen LogP contribution in [-0.4, -0.2) is 35.0 Å². The van der Waals surface area contributed by atoms with Gasteiger partial charge in [-0.3, -0.25) is 19.3 Å². The van der Waals surface area contributed by atoms with E-state index >= 15 is 0 Å². The average molecular weight is 380 g/mol. The zero-order valence-corrected chi connectivity index (χ0v) is 15.6. The van der Waals surface area contributed by atoms with Gasteiger partial charge in [-0.2, -0.15) is 0 Å². The summed E-state index contributed by atoms with van der Waals surface area (Å²) in [6.45, 7) is 0.429. The van der Waals surface area contributed by atoms with Crippen molar-refractivity contribution in [3.63, 3.8) is 0 Å². The molecule has 0 radical (unpaired) electrons. The molecule has 3 rings (SSSR count). The number of carbonyl (C=O) groups is 3. The maximum atomic E-state index is 12.4. The molecule has 3 amide bonds. The van der Waals surface area contributed by atoms with E-state index in [9.17, 15) is 14.4 Å². The number of nitrogens with zero attached hydrogens (tertiary/aromatic N) is 1. The van der Waals surface area contributed by atoms with Gasteiger partial charge in [0.1, 0.15) is 0 Å². The van der Waals surface area contributed by atoms with Gasteiger partial charge >= 0.3 is 0 Å². The molecule has 1 heterocycles. The molecular formula is C21H20N2O3S. The highest BCUT2D eigenvalue weighted by Gasteiger charge is 2.34. The van der Waals surface area contributed by atoms with Gasteiger partial charge < -0.3 is 5.32 Å². The number of benzene rings is 2. The minimum atomic E-state index is -0.313. The Morgan fingerprint density at radius 3 is 2.37 bits per heavy atom. The molecule has 1 aliphatic rings. The van der Waals surface area contributed by atoms with Gasteiger partial charge in [0.05, 0.1) is 4.91 Å². The first-order valence-corrected chi connectivity index (χ1v) is 9.56. The maximum Gasteiger partial charge on any atom is 0.293 e. The van der Waals surface area contributed by atoms with Gasteiger partial charge in [-0.25, -0.2) is 0 Å². The fourth-order valence-electron chi connectivity index (χ4n) is 2.69. The molecule has 5 nitrogen and oxygen atoms in total. The van der Waals surface area contributed by atoms with Crippen molar-refractivity contribution in [2.24, 2.45) is 0 Å². The van der Waals surface area contributed by atoms with Crippen molar-refractivity contribution in [1.82, 2.24) is 10.2 Å². The lowest BCUT2D eigenvalue weighted by Crippen LogP contribution is -2.37. The molecule has 6 heteroatoms. The summed E-state index contributed by atoms with van der Waals surface area (Å²) in [7, 11) is 0. The van der Waals surface area contributed by atoms with Crippen LogP contribution in [0.25, 0.3) is 6.08 Å². The molecule has 1 saturated heterocycles. The van der Waals surface area contributed by atoms with Crippen molar-refractivity contribution in [3.8, 4) is 0 Å². The van der Waals surface area contributed by atoms with E-state index in [1.54, 1.807) is 6.08 Å². The van der Waals surface area contributed by atoms with Crippen LogP contribution >= 0.6 is 11.8 Å². The van der Waals surface area contributed by atoms with Crippen LogP contribution in [0.5, 0.6) is 0 Å². The lowest BCUT2D eigenvalue weighted by atomic mass is 10.1. The molecule has 2 aromatic rings. The third-order valence-electron chi connectivity index (χ3n) is 4.11. The molecule has 0 bridgehead atoms. The molecule has 0 spiro atoms. The third-order valence-corrected chi connectivity index (χ3v) is 5.02. The minimum Gasteiger partial charge on any atom is -0.354 e. The topological polar surface area (TPSA) is 66.5 Å². The van der Waals surface area contributed by atoms with Crippen LogP contribution in [0.1, 0.15) is 17.5 Å². The predicted molar refractivity (Wildman–Crippen MR) is 107 cm³/mol. The van der Waals surface area contributed by atoms with Gasteiger partial charge in [0.2, 0.25) is 5.91 Å². The highest BCUT2D eigenvalue weighted by Crippen LogP contribution is 2.31. The molecule has 27 heavy (non-hydrogen) atoms. The molecule has 0 aliphatic carbocycles. The maximum absolute atomic E-state index is 12.4. The van der Waals surface area contributed by atoms with Gasteiger partial charge in [-0.1, -0.05) is 60.7 Å². The van der Waals surface area contributed by atoms with Crippen molar-refractivity contribution in [2.75, 3.05) is 13.1 Å². The first-order chi connectivity index (χ1) is 13.1. The van der Waals surface area contributed by atoms with E-state index in [2.05, 4.69) is 5.32 Å². The number of hydrogen-bond acceptors (Lipinski definition) is 4. The van der Waals surface area contributed by atoms with Crippen molar-refractivity contribution in [1.29, 1.82) is 0 Å². The minimum absolute atomic E-state index is 0.0920. The van der Waals surface area contributed by atoms with Crippen LogP contribution < -0.4 is 5.32 Å². The quantitative estimate of drug-likeness (QED) is 0.747. The zero-order valence-electron chi connectivity index (χ0n) is 14.8. The molecule has 0 aromatic heterocycles. The Balaban J connectivity index is 1.46. The van der Waals surface area contributed by atoms with Crippen LogP contribution in [0.4, 0.5) is 4.79 Å². The van der Waals surface area contributed by atoms with Gasteiger partial charge in [0.15, 0.2) is 0 Å². The Morgan fingerprint density at radius 2 is 1.67 bits per heavy atom. The van der Waals surface area contributed by atoms with E-state index in [4.69, 9.17) is 0 Å². The third kappa shape index (κ3) is 5.31. The highest BCUT2D eigenvalue weighted by atomic mass is 32.2. The van der Waals surface area contributed by atoms with Gasteiger partial charge in [-0.05, 0) is 35.4 Å². The summed E-state index contributed by atoms with van der Waals surface area (Å²) in [5.41, 5.74) is 1.97.